The number of nitrogens with zero attached hydrogens (tertiary/aromatic N) is 2. The summed E-state index contributed by atoms with van der Waals surface area (Å²) >= 11 is 6.66. The Labute approximate surface area is 214 Å². The molecule has 1 saturated carbocycles. The van der Waals surface area contributed by atoms with E-state index >= 15 is 0 Å². The molecule has 1 aromatic carbocycles. The van der Waals surface area contributed by atoms with Crippen molar-refractivity contribution in [1.29, 1.82) is 0 Å². The fourth-order valence-corrected chi connectivity index (χ4v) is 6.43. The minimum absolute atomic E-state index is 0. The lowest BCUT2D eigenvalue weighted by atomic mass is 9.69. The van der Waals surface area contributed by atoms with E-state index in [0.717, 1.165) is 0 Å². The standard InChI is InChI=1S/C22H30ClF4N3O3S.ClH/c1-3-34(32,33)30-13-11-29(12-14-30)21(9-10-22(26,27)17(15-21)20(2,24)25)19(23)28-18(31)16-7-5-4-6-8-16;/h4-8,17,19H,3,9-15H2,1-2H3,(H,28,31);1H. The molecule has 0 aromatic heterocycles. The van der Waals surface area contributed by atoms with Crippen LogP contribution >= 0.6 is 24.0 Å². The van der Waals surface area contributed by atoms with Gasteiger partial charge in [0.05, 0.1) is 17.2 Å². The van der Waals surface area contributed by atoms with Crippen LogP contribution in [0.25, 0.3) is 0 Å². The van der Waals surface area contributed by atoms with Gasteiger partial charge in [0, 0.05) is 38.2 Å². The van der Waals surface area contributed by atoms with Crippen molar-refractivity contribution in [2.24, 2.45) is 5.92 Å². The molecule has 1 aliphatic heterocycles. The van der Waals surface area contributed by atoms with Crippen LogP contribution in [0.4, 0.5) is 17.6 Å². The fourth-order valence-electron chi connectivity index (χ4n) is 4.91. The first kappa shape index (κ1) is 30.1. The Bertz CT molecular complexity index is 974. The SMILES string of the molecule is CCS(=O)(=O)N1CCN(C2(C(Cl)NC(=O)c3ccccc3)CCC(F)(F)C(C(C)(F)F)C2)CC1.Cl. The fraction of sp³-hybridized carbons (Fsp3) is 0.682. The zero-order valence-corrected chi connectivity index (χ0v) is 21.9. The largest absolute Gasteiger partial charge is 0.334 e. The van der Waals surface area contributed by atoms with Crippen molar-refractivity contribution in [3.8, 4) is 0 Å². The van der Waals surface area contributed by atoms with E-state index in [1.807, 2.05) is 0 Å². The second-order valence-electron chi connectivity index (χ2n) is 9.07. The van der Waals surface area contributed by atoms with Gasteiger partial charge in [0.25, 0.3) is 17.8 Å². The Balaban J connectivity index is 0.00000432. The highest BCUT2D eigenvalue weighted by molar-refractivity contribution is 7.89. The van der Waals surface area contributed by atoms with Crippen molar-refractivity contribution in [1.82, 2.24) is 14.5 Å². The number of nitrogens with one attached hydrogen (secondary N) is 1. The predicted octanol–water partition coefficient (Wildman–Crippen LogP) is 4.20. The van der Waals surface area contributed by atoms with Crippen LogP contribution in [0, 0.1) is 5.92 Å². The number of benzene rings is 1. The third kappa shape index (κ3) is 6.41. The summed E-state index contributed by atoms with van der Waals surface area (Å²) in [6, 6.07) is 8.12. The highest BCUT2D eigenvalue weighted by Crippen LogP contribution is 2.52. The zero-order chi connectivity index (χ0) is 25.4. The number of hydrogen-bond acceptors (Lipinski definition) is 4. The van der Waals surface area contributed by atoms with E-state index in [9.17, 15) is 30.8 Å². The molecule has 2 fully saturated rings. The lowest BCUT2D eigenvalue weighted by Crippen LogP contribution is -2.68. The molecule has 6 nitrogen and oxygen atoms in total. The number of carbonyl (C=O) groups excluding carboxylic acids is 1. The molecule has 35 heavy (non-hydrogen) atoms. The number of hydrogen-bond donors (Lipinski definition) is 1. The molecule has 1 heterocycles. The summed E-state index contributed by atoms with van der Waals surface area (Å²) in [5.74, 6) is -10.2. The number of carbonyl (C=O) groups is 1. The van der Waals surface area contributed by atoms with Crippen LogP contribution < -0.4 is 5.32 Å². The average Bonchev–Trinajstić information content (AvgIpc) is 2.79. The molecule has 1 aliphatic carbocycles. The second-order valence-corrected chi connectivity index (χ2v) is 11.8. The monoisotopic (exact) mass is 563 g/mol. The number of sulfonamides is 1. The van der Waals surface area contributed by atoms with Crippen molar-refractivity contribution in [2.75, 3.05) is 31.9 Å². The van der Waals surface area contributed by atoms with Gasteiger partial charge in [-0.05, 0) is 38.8 Å². The summed E-state index contributed by atoms with van der Waals surface area (Å²) < 4.78 is 83.7. The van der Waals surface area contributed by atoms with Gasteiger partial charge in [-0.15, -0.1) is 12.4 Å². The molecular formula is C22H31Cl2F4N3O3S. The predicted molar refractivity (Wildman–Crippen MR) is 129 cm³/mol. The molecule has 1 amide bonds. The van der Waals surface area contributed by atoms with Gasteiger partial charge >= 0.3 is 0 Å². The molecular weight excluding hydrogens is 533 g/mol. The Morgan fingerprint density at radius 1 is 1.17 bits per heavy atom. The molecule has 200 valence electrons. The molecule has 1 N–H and O–H groups in total. The molecule has 0 radical (unpaired) electrons. The van der Waals surface area contributed by atoms with E-state index < -0.39 is 57.6 Å². The number of alkyl halides is 5. The van der Waals surface area contributed by atoms with Gasteiger partial charge in [0.1, 0.15) is 5.50 Å². The third-order valence-electron chi connectivity index (χ3n) is 6.96. The Morgan fingerprint density at radius 2 is 1.74 bits per heavy atom. The van der Waals surface area contributed by atoms with Crippen molar-refractivity contribution < 1.29 is 30.8 Å². The Hall–Kier alpha value is -1.14. The molecule has 1 saturated heterocycles. The normalized spacial score (nSPS) is 27.0. The number of rotatable bonds is 7. The van der Waals surface area contributed by atoms with Gasteiger partial charge in [-0.25, -0.2) is 26.0 Å². The number of amides is 1. The minimum Gasteiger partial charge on any atom is -0.334 e. The molecule has 13 heteroatoms. The van der Waals surface area contributed by atoms with Crippen molar-refractivity contribution in [2.45, 2.75) is 56.0 Å². The third-order valence-corrected chi connectivity index (χ3v) is 9.36. The van der Waals surface area contributed by atoms with Crippen LogP contribution in [0.5, 0.6) is 0 Å². The molecule has 1 aromatic rings. The van der Waals surface area contributed by atoms with E-state index in [4.69, 9.17) is 11.6 Å². The van der Waals surface area contributed by atoms with Gasteiger partial charge in [-0.1, -0.05) is 29.8 Å². The van der Waals surface area contributed by atoms with E-state index in [0.29, 0.717) is 12.5 Å². The molecule has 3 atom stereocenters. The van der Waals surface area contributed by atoms with E-state index in [1.54, 1.807) is 35.2 Å². The summed E-state index contributed by atoms with van der Waals surface area (Å²) in [5, 5.41) is 2.62. The second kappa shape index (κ2) is 11.1. The maximum atomic E-state index is 14.6. The number of halogens is 6. The zero-order valence-electron chi connectivity index (χ0n) is 19.5. The molecule has 2 aliphatic rings. The van der Waals surface area contributed by atoms with Crippen molar-refractivity contribution in [3.63, 3.8) is 0 Å². The van der Waals surface area contributed by atoms with Gasteiger partial charge in [0.2, 0.25) is 10.0 Å². The van der Waals surface area contributed by atoms with Crippen LogP contribution in [0.15, 0.2) is 30.3 Å². The Kier molecular flexibility index (Phi) is 9.53. The van der Waals surface area contributed by atoms with Gasteiger partial charge < -0.3 is 5.32 Å². The summed E-state index contributed by atoms with van der Waals surface area (Å²) in [4.78, 5) is 14.5. The maximum absolute atomic E-state index is 14.6. The lowest BCUT2D eigenvalue weighted by molar-refractivity contribution is -0.207. The van der Waals surface area contributed by atoms with Crippen LogP contribution in [0.2, 0.25) is 0 Å². The lowest BCUT2D eigenvalue weighted by Gasteiger charge is -2.55. The van der Waals surface area contributed by atoms with Crippen LogP contribution in [0.3, 0.4) is 0 Å². The molecule has 3 unspecified atom stereocenters. The number of piperazine rings is 1. The van der Waals surface area contributed by atoms with Crippen LogP contribution in [-0.4, -0.2) is 78.3 Å². The molecule has 0 bridgehead atoms. The average molecular weight is 564 g/mol. The first-order valence-electron chi connectivity index (χ1n) is 11.2. The first-order chi connectivity index (χ1) is 15.7. The molecule has 0 spiro atoms. The Morgan fingerprint density at radius 3 is 2.26 bits per heavy atom. The topological polar surface area (TPSA) is 69.7 Å². The van der Waals surface area contributed by atoms with E-state index in [-0.39, 0.29) is 50.8 Å². The molecule has 3 rings (SSSR count). The smallest absolute Gasteiger partial charge is 0.256 e. The minimum atomic E-state index is -3.68. The van der Waals surface area contributed by atoms with Crippen molar-refractivity contribution in [3.05, 3.63) is 35.9 Å². The summed E-state index contributed by atoms with van der Waals surface area (Å²) in [5.41, 5.74) is -2.36. The van der Waals surface area contributed by atoms with Crippen molar-refractivity contribution >= 4 is 39.9 Å². The van der Waals surface area contributed by atoms with Gasteiger partial charge in [0.15, 0.2) is 0 Å². The quantitative estimate of drug-likeness (QED) is 0.306. The van der Waals surface area contributed by atoms with Crippen LogP contribution in [-0.2, 0) is 10.0 Å². The van der Waals surface area contributed by atoms with Gasteiger partial charge in [-0.3, -0.25) is 9.69 Å². The summed E-state index contributed by atoms with van der Waals surface area (Å²) in [6.07, 6.45) is -1.69. The van der Waals surface area contributed by atoms with E-state index in [2.05, 4.69) is 5.32 Å². The first-order valence-corrected chi connectivity index (χ1v) is 13.3. The van der Waals surface area contributed by atoms with E-state index in [1.165, 1.54) is 11.2 Å². The van der Waals surface area contributed by atoms with Crippen LogP contribution in [0.1, 0.15) is 43.5 Å². The highest BCUT2D eigenvalue weighted by Gasteiger charge is 2.62. The van der Waals surface area contributed by atoms with Gasteiger partial charge in [-0.2, -0.15) is 4.31 Å². The summed E-state index contributed by atoms with van der Waals surface area (Å²) in [6.45, 7) is 2.40. The maximum Gasteiger partial charge on any atom is 0.256 e. The highest BCUT2D eigenvalue weighted by atomic mass is 35.5. The summed E-state index contributed by atoms with van der Waals surface area (Å²) in [7, 11) is -3.46.